The van der Waals surface area contributed by atoms with Crippen LogP contribution >= 0.6 is 0 Å². The minimum Gasteiger partial charge on any atom is -0.491 e. The molecule has 4 rings (SSSR count). The van der Waals surface area contributed by atoms with E-state index in [0.717, 1.165) is 47.6 Å². The predicted octanol–water partition coefficient (Wildman–Crippen LogP) is 12.5. The first-order chi connectivity index (χ1) is 23.9. The van der Waals surface area contributed by atoms with Gasteiger partial charge >= 0.3 is 29.9 Å². The molecule has 0 spiro atoms. The van der Waals surface area contributed by atoms with Gasteiger partial charge in [0.25, 0.3) is 0 Å². The van der Waals surface area contributed by atoms with Crippen LogP contribution in [0.2, 0.25) is 0 Å². The first-order valence-corrected chi connectivity index (χ1v) is 17.3. The monoisotopic (exact) mass is 736 g/mol. The van der Waals surface area contributed by atoms with E-state index in [-0.39, 0.29) is 11.3 Å². The SMILES string of the molecule is CCCCCC1CCC(CCc2ccc3cc(OC(=O)c4ccc(OCCCCC(F)(F)C(F)(F)C(F)(F)C(F)(F)F)c(F)c4)ccc3c2)CC1. The predicted molar refractivity (Wildman–Crippen MR) is 173 cm³/mol. The van der Waals surface area contributed by atoms with Gasteiger partial charge in [-0.1, -0.05) is 82.6 Å². The number of benzene rings is 3. The van der Waals surface area contributed by atoms with Gasteiger partial charge in [-0.2, -0.15) is 39.5 Å². The number of carbonyl (C=O) groups is 1. The zero-order valence-electron chi connectivity index (χ0n) is 28.3. The second-order valence-corrected chi connectivity index (χ2v) is 13.5. The Hall–Kier alpha value is -3.51. The molecule has 1 saturated carbocycles. The number of hydrogen-bond acceptors (Lipinski definition) is 3. The smallest absolute Gasteiger partial charge is 0.460 e. The number of esters is 1. The summed E-state index contributed by atoms with van der Waals surface area (Å²) in [5.41, 5.74) is 1.05. The Labute approximate surface area is 290 Å². The summed E-state index contributed by atoms with van der Waals surface area (Å²) in [4.78, 5) is 12.7. The van der Waals surface area contributed by atoms with Crippen LogP contribution in [0.1, 0.15) is 99.9 Å². The largest absolute Gasteiger partial charge is 0.491 e. The van der Waals surface area contributed by atoms with Crippen molar-refractivity contribution in [1.29, 1.82) is 0 Å². The fourth-order valence-electron chi connectivity index (χ4n) is 6.46. The molecule has 3 aromatic rings. The molecule has 0 aromatic heterocycles. The summed E-state index contributed by atoms with van der Waals surface area (Å²) in [5, 5.41) is 1.83. The molecular weight excluding hydrogens is 694 g/mol. The van der Waals surface area contributed by atoms with Crippen LogP contribution in [-0.4, -0.2) is 36.5 Å². The Morgan fingerprint density at radius 2 is 1.37 bits per heavy atom. The molecule has 1 aliphatic carbocycles. The molecule has 0 heterocycles. The number of carbonyl (C=O) groups excluding carboxylic acids is 1. The van der Waals surface area contributed by atoms with Crippen LogP contribution in [-0.2, 0) is 6.42 Å². The van der Waals surface area contributed by atoms with Gasteiger partial charge < -0.3 is 9.47 Å². The third kappa shape index (κ3) is 10.1. The Bertz CT molecular complexity index is 1600. The van der Waals surface area contributed by atoms with Gasteiger partial charge in [0.1, 0.15) is 5.75 Å². The lowest BCUT2D eigenvalue weighted by molar-refractivity contribution is -0.396. The Morgan fingerprint density at radius 1 is 0.725 bits per heavy atom. The second-order valence-electron chi connectivity index (χ2n) is 13.5. The lowest BCUT2D eigenvalue weighted by Crippen LogP contribution is -2.60. The second kappa shape index (κ2) is 16.9. The number of unbranched alkanes of at least 4 members (excludes halogenated alkanes) is 3. The van der Waals surface area contributed by atoms with Gasteiger partial charge in [0, 0.05) is 6.42 Å². The number of aryl methyl sites for hydroxylation is 1. The minimum absolute atomic E-state index is 0.183. The van der Waals surface area contributed by atoms with Crippen molar-refractivity contribution in [2.75, 3.05) is 6.61 Å². The van der Waals surface area contributed by atoms with E-state index < -0.39 is 67.3 Å². The number of ether oxygens (including phenoxy) is 2. The van der Waals surface area contributed by atoms with E-state index in [1.54, 1.807) is 12.1 Å². The van der Waals surface area contributed by atoms with Crippen molar-refractivity contribution in [2.45, 2.75) is 114 Å². The van der Waals surface area contributed by atoms with Gasteiger partial charge in [-0.25, -0.2) is 9.18 Å². The number of rotatable bonds is 17. The van der Waals surface area contributed by atoms with Crippen LogP contribution in [0, 0.1) is 17.7 Å². The van der Waals surface area contributed by atoms with Crippen molar-refractivity contribution < 1.29 is 58.2 Å². The highest BCUT2D eigenvalue weighted by Crippen LogP contribution is 2.54. The standard InChI is InChI=1S/C38H42F10O3/c1-2-3-4-7-25-8-10-26(11-9-25)12-13-27-14-15-29-23-31(18-16-28(29)22-27)51-34(49)30-17-19-33(32(39)24-30)50-21-6-5-20-35(40,41)36(42,43)37(44,45)38(46,47)48/h14-19,22-26H,2-13,20-21H2,1H3. The maximum absolute atomic E-state index is 14.6. The van der Waals surface area contributed by atoms with Gasteiger partial charge in [0.15, 0.2) is 11.6 Å². The van der Waals surface area contributed by atoms with Crippen molar-refractivity contribution in [2.24, 2.45) is 11.8 Å². The topological polar surface area (TPSA) is 35.5 Å². The van der Waals surface area contributed by atoms with E-state index in [2.05, 4.69) is 19.1 Å². The Kier molecular flexibility index (Phi) is 13.3. The summed E-state index contributed by atoms with van der Waals surface area (Å²) in [6.07, 6.45) is 2.33. The maximum atomic E-state index is 14.6. The molecule has 0 saturated heterocycles. The molecule has 0 radical (unpaired) electrons. The molecule has 13 heteroatoms. The van der Waals surface area contributed by atoms with Crippen LogP contribution in [0.25, 0.3) is 10.8 Å². The summed E-state index contributed by atoms with van der Waals surface area (Å²) in [7, 11) is 0. The molecule has 282 valence electrons. The number of halogens is 10. The molecule has 0 atom stereocenters. The van der Waals surface area contributed by atoms with Crippen molar-refractivity contribution in [3.05, 3.63) is 71.5 Å². The molecule has 0 unspecified atom stereocenters. The van der Waals surface area contributed by atoms with Crippen LogP contribution in [0.15, 0.2) is 54.6 Å². The van der Waals surface area contributed by atoms with Gasteiger partial charge in [-0.15, -0.1) is 0 Å². The maximum Gasteiger partial charge on any atom is 0.460 e. The molecular formula is C38H42F10O3. The molecule has 1 fully saturated rings. The summed E-state index contributed by atoms with van der Waals surface area (Å²) in [6, 6.07) is 14.3. The molecule has 0 aliphatic heterocycles. The van der Waals surface area contributed by atoms with Gasteiger partial charge in [0.2, 0.25) is 0 Å². The van der Waals surface area contributed by atoms with Crippen LogP contribution in [0.5, 0.6) is 11.5 Å². The zero-order valence-corrected chi connectivity index (χ0v) is 28.3. The third-order valence-corrected chi connectivity index (χ3v) is 9.63. The average molecular weight is 737 g/mol. The highest BCUT2D eigenvalue weighted by Gasteiger charge is 2.81. The Balaban J connectivity index is 1.23. The van der Waals surface area contributed by atoms with Crippen molar-refractivity contribution in [3.63, 3.8) is 0 Å². The van der Waals surface area contributed by atoms with Crippen LogP contribution in [0.3, 0.4) is 0 Å². The first kappa shape index (κ1) is 40.3. The summed E-state index contributed by atoms with van der Waals surface area (Å²) in [6.45, 7) is 1.68. The minimum atomic E-state index is -6.95. The molecule has 51 heavy (non-hydrogen) atoms. The third-order valence-electron chi connectivity index (χ3n) is 9.63. The molecule has 1 aliphatic rings. The molecule has 0 amide bonds. The lowest BCUT2D eigenvalue weighted by Gasteiger charge is -2.33. The lowest BCUT2D eigenvalue weighted by atomic mass is 9.77. The molecule has 0 N–H and O–H groups in total. The fourth-order valence-corrected chi connectivity index (χ4v) is 6.46. The van der Waals surface area contributed by atoms with Gasteiger partial charge in [-0.3, -0.25) is 0 Å². The quantitative estimate of drug-likeness (QED) is 0.0599. The van der Waals surface area contributed by atoms with E-state index in [1.807, 2.05) is 12.1 Å². The first-order valence-electron chi connectivity index (χ1n) is 17.3. The summed E-state index contributed by atoms with van der Waals surface area (Å²) in [5.74, 6) is -19.8. The average Bonchev–Trinajstić information content (AvgIpc) is 3.07. The van der Waals surface area contributed by atoms with E-state index in [9.17, 15) is 48.7 Å². The van der Waals surface area contributed by atoms with Crippen LogP contribution < -0.4 is 9.47 Å². The molecule has 3 nitrogen and oxygen atoms in total. The van der Waals surface area contributed by atoms with Crippen LogP contribution in [0.4, 0.5) is 43.9 Å². The summed E-state index contributed by atoms with van der Waals surface area (Å²) >= 11 is 0. The molecule has 3 aromatic carbocycles. The fraction of sp³-hybridized carbons (Fsp3) is 0.553. The van der Waals surface area contributed by atoms with E-state index in [1.165, 1.54) is 63.0 Å². The number of hydrogen-bond donors (Lipinski definition) is 0. The normalized spacial score (nSPS) is 17.5. The van der Waals surface area contributed by atoms with Crippen molar-refractivity contribution in [3.8, 4) is 11.5 Å². The number of fused-ring (bicyclic) bond motifs is 1. The van der Waals surface area contributed by atoms with E-state index >= 15 is 0 Å². The number of alkyl halides is 9. The van der Waals surface area contributed by atoms with Gasteiger partial charge in [-0.05, 0) is 84.2 Å². The molecule has 0 bridgehead atoms. The van der Waals surface area contributed by atoms with E-state index in [4.69, 9.17) is 9.47 Å². The highest BCUT2D eigenvalue weighted by atomic mass is 19.4. The highest BCUT2D eigenvalue weighted by molar-refractivity contribution is 5.92. The summed E-state index contributed by atoms with van der Waals surface area (Å²) < 4.78 is 142. The Morgan fingerprint density at radius 3 is 2.02 bits per heavy atom. The van der Waals surface area contributed by atoms with E-state index in [0.29, 0.717) is 0 Å². The van der Waals surface area contributed by atoms with Crippen molar-refractivity contribution in [1.82, 2.24) is 0 Å². The van der Waals surface area contributed by atoms with Gasteiger partial charge in [0.05, 0.1) is 12.2 Å². The van der Waals surface area contributed by atoms with Crippen molar-refractivity contribution >= 4 is 16.7 Å². The zero-order chi connectivity index (χ0) is 37.5.